The molecule has 234 valence electrons. The average Bonchev–Trinajstić information content (AvgIpc) is 3.86. The second-order valence-electron chi connectivity index (χ2n) is 12.2. The number of nitrogens with zero attached hydrogens (tertiary/aromatic N) is 4. The normalized spacial score (nSPS) is 35.2. The Bertz CT molecular complexity index is 1250. The number of nitrogens with one attached hydrogen (secondary N) is 4. The van der Waals surface area contributed by atoms with Crippen LogP contribution in [0.5, 0.6) is 0 Å². The van der Waals surface area contributed by atoms with Gasteiger partial charge in [0.05, 0.1) is 38.4 Å². The van der Waals surface area contributed by atoms with Gasteiger partial charge in [0.2, 0.25) is 11.8 Å². The summed E-state index contributed by atoms with van der Waals surface area (Å²) in [7, 11) is -2.43. The number of carbonyl (C=O) groups is 4. The van der Waals surface area contributed by atoms with Crippen LogP contribution in [-0.2, 0) is 37.8 Å². The lowest BCUT2D eigenvalue weighted by Gasteiger charge is -2.26. The van der Waals surface area contributed by atoms with E-state index >= 15 is 0 Å². The van der Waals surface area contributed by atoms with Crippen LogP contribution in [0.1, 0.15) is 38.5 Å². The molecule has 6 aliphatic heterocycles. The first-order chi connectivity index (χ1) is 21.3. The molecule has 0 saturated carbocycles. The molecule has 0 spiro atoms. The first-order valence-electron chi connectivity index (χ1n) is 15.3. The van der Waals surface area contributed by atoms with Gasteiger partial charge in [-0.15, -0.1) is 0 Å². The van der Waals surface area contributed by atoms with E-state index < -0.39 is 55.5 Å². The monoisotopic (exact) mass is 612 g/mol. The van der Waals surface area contributed by atoms with E-state index in [1.165, 1.54) is 4.90 Å². The molecular formula is C26H38B2N8O8+2. The first kappa shape index (κ1) is 30.8. The highest BCUT2D eigenvalue weighted by Crippen LogP contribution is 2.38. The quantitative estimate of drug-likeness (QED) is 0.201. The molecule has 0 aliphatic carbocycles. The fourth-order valence-electron chi connectivity index (χ4n) is 7.04. The van der Waals surface area contributed by atoms with E-state index in [0.29, 0.717) is 45.4 Å². The van der Waals surface area contributed by atoms with Crippen molar-refractivity contribution in [1.29, 1.82) is 0 Å². The second kappa shape index (κ2) is 12.6. The van der Waals surface area contributed by atoms with Crippen LogP contribution < -0.4 is 21.3 Å². The summed E-state index contributed by atoms with van der Waals surface area (Å²) < 4.78 is 23.0. The summed E-state index contributed by atoms with van der Waals surface area (Å²) in [5.41, 5.74) is -2.26. The van der Waals surface area contributed by atoms with E-state index in [-0.39, 0.29) is 37.4 Å². The van der Waals surface area contributed by atoms with Gasteiger partial charge in [0.25, 0.3) is 13.1 Å². The van der Waals surface area contributed by atoms with Gasteiger partial charge in [-0.05, 0) is 32.2 Å². The zero-order chi connectivity index (χ0) is 30.9. The Balaban J connectivity index is 1.08. The lowest BCUT2D eigenvalue weighted by Crippen LogP contribution is -2.59. The van der Waals surface area contributed by atoms with Crippen LogP contribution in [0.2, 0.25) is 0 Å². The molecule has 6 aliphatic rings. The minimum Gasteiger partial charge on any atom is -0.506 e. The minimum absolute atomic E-state index is 0.104. The third-order valence-corrected chi connectivity index (χ3v) is 9.53. The third-order valence-electron chi connectivity index (χ3n) is 9.53. The average molecular weight is 612 g/mol. The van der Waals surface area contributed by atoms with Gasteiger partial charge >= 0.3 is 37.4 Å². The van der Waals surface area contributed by atoms with Gasteiger partial charge in [0.1, 0.15) is 0 Å². The van der Waals surface area contributed by atoms with Crippen LogP contribution in [0.3, 0.4) is 0 Å². The van der Waals surface area contributed by atoms with Crippen molar-refractivity contribution < 1.29 is 37.8 Å². The molecule has 44 heavy (non-hydrogen) atoms. The number of amides is 2. The van der Waals surface area contributed by atoms with Crippen molar-refractivity contribution in [3.63, 3.8) is 0 Å². The predicted molar refractivity (Wildman–Crippen MR) is 156 cm³/mol. The number of hydrogen-bond acceptors (Lipinski definition) is 12. The molecular weight excluding hydrogens is 574 g/mol. The van der Waals surface area contributed by atoms with Crippen molar-refractivity contribution in [2.75, 3.05) is 52.4 Å². The highest BCUT2D eigenvalue weighted by Gasteiger charge is 2.72. The molecule has 2 amide bonds. The Morgan fingerprint density at radius 2 is 1.77 bits per heavy atom. The predicted octanol–water partition coefficient (Wildman–Crippen LogP) is -2.61. The molecule has 0 aromatic heterocycles. The number of carbonyl (C=O) groups excluding carboxylic acids is 4. The van der Waals surface area contributed by atoms with E-state index in [2.05, 4.69) is 31.0 Å². The van der Waals surface area contributed by atoms with Crippen molar-refractivity contribution in [3.05, 3.63) is 9.69 Å². The van der Waals surface area contributed by atoms with Crippen LogP contribution in [-0.4, -0.2) is 136 Å². The van der Waals surface area contributed by atoms with Gasteiger partial charge in [-0.3, -0.25) is 24.1 Å². The van der Waals surface area contributed by atoms with Crippen LogP contribution in [0.15, 0.2) is 0 Å². The highest BCUT2D eigenvalue weighted by atomic mass is 16.7. The summed E-state index contributed by atoms with van der Waals surface area (Å²) in [6.45, 7) is 15.2. The lowest BCUT2D eigenvalue weighted by molar-refractivity contribution is -0.147. The Labute approximate surface area is 256 Å². The minimum atomic E-state index is -1.50. The van der Waals surface area contributed by atoms with Crippen LogP contribution in [0.4, 0.5) is 0 Å². The second-order valence-corrected chi connectivity index (χ2v) is 12.2. The Hall–Kier alpha value is -3.25. The van der Waals surface area contributed by atoms with Gasteiger partial charge in [0, 0.05) is 32.2 Å². The van der Waals surface area contributed by atoms with Gasteiger partial charge < -0.3 is 39.5 Å². The SMILES string of the molecule is C#[N+][C@@]1(NCC(=O)N2CCC[C@@]2([N+]#C)B2OC(=O)C(C3OB([C@H]4CCCN4C(=O)CN[C@@H]4CCNC4)OC3=O)O2)CCNC1. The van der Waals surface area contributed by atoms with Gasteiger partial charge in [0.15, 0.2) is 12.2 Å². The van der Waals surface area contributed by atoms with Gasteiger partial charge in [-0.1, -0.05) is 9.69 Å². The smallest absolute Gasteiger partial charge is 0.506 e. The maximum absolute atomic E-state index is 13.4. The molecule has 16 nitrogen and oxygen atoms in total. The fraction of sp³-hybridized carbons (Fsp3) is 0.769. The molecule has 4 N–H and O–H groups in total. The molecule has 0 aromatic carbocycles. The van der Waals surface area contributed by atoms with E-state index in [0.717, 1.165) is 25.9 Å². The molecule has 18 heteroatoms. The zero-order valence-electron chi connectivity index (χ0n) is 24.6. The fourth-order valence-corrected chi connectivity index (χ4v) is 7.04. The van der Waals surface area contributed by atoms with Gasteiger partial charge in [-0.25, -0.2) is 5.32 Å². The van der Waals surface area contributed by atoms with E-state index in [9.17, 15) is 19.2 Å². The molecule has 0 bridgehead atoms. The number of rotatable bonds is 9. The third kappa shape index (κ3) is 5.66. The summed E-state index contributed by atoms with van der Waals surface area (Å²) in [6, 6.07) is 0.233. The molecule has 6 heterocycles. The number of likely N-dealkylation sites (tertiary alicyclic amines) is 2. The molecule has 2 unspecified atom stereocenters. The topological polar surface area (TPSA) is 169 Å². The van der Waals surface area contributed by atoms with E-state index in [1.807, 2.05) is 0 Å². The van der Waals surface area contributed by atoms with Crippen molar-refractivity contribution in [2.24, 2.45) is 0 Å². The Morgan fingerprint density at radius 3 is 2.50 bits per heavy atom. The molecule has 0 aromatic rings. The molecule has 6 saturated heterocycles. The summed E-state index contributed by atoms with van der Waals surface area (Å²) in [6.07, 6.45) is 0.803. The Morgan fingerprint density at radius 1 is 0.955 bits per heavy atom. The summed E-state index contributed by atoms with van der Waals surface area (Å²) >= 11 is 0. The highest BCUT2D eigenvalue weighted by molar-refractivity contribution is 6.55. The molecule has 6 atom stereocenters. The number of hydrogen-bond donors (Lipinski definition) is 4. The van der Waals surface area contributed by atoms with Crippen molar-refractivity contribution in [1.82, 2.24) is 31.1 Å². The first-order valence-corrected chi connectivity index (χ1v) is 15.3. The molecule has 6 rings (SSSR count). The summed E-state index contributed by atoms with van der Waals surface area (Å²) in [5, 5.41) is 12.8. The summed E-state index contributed by atoms with van der Waals surface area (Å²) in [5.74, 6) is -2.61. The lowest BCUT2D eigenvalue weighted by atomic mass is 9.70. The molecule has 6 fully saturated rings. The molecule has 0 radical (unpaired) electrons. The van der Waals surface area contributed by atoms with E-state index in [4.69, 9.17) is 31.8 Å². The Kier molecular flexibility index (Phi) is 8.83. The van der Waals surface area contributed by atoms with Crippen LogP contribution >= 0.6 is 0 Å². The summed E-state index contributed by atoms with van der Waals surface area (Å²) in [4.78, 5) is 63.4. The zero-order valence-corrected chi connectivity index (χ0v) is 24.6. The van der Waals surface area contributed by atoms with E-state index in [1.54, 1.807) is 4.90 Å². The van der Waals surface area contributed by atoms with Crippen molar-refractivity contribution in [3.8, 4) is 13.1 Å². The maximum Gasteiger partial charge on any atom is 0.659 e. The standard InChI is InChI=1S/C26H38B2N8O8/c1-29-25(8-10-32-16-25)34-15-20(38)36-12-4-7-26(36,30-2)28-42-22(24(40)44-28)21-23(39)43-27(41-21)18-5-3-11-35(18)19(37)14-33-17-6-9-31-13-17/h1-2,17-18,21-22,31-34H,3-16H2/q+2/t17-,18-,21?,22?,25-,26+/m1/s1. The van der Waals surface area contributed by atoms with Crippen LogP contribution in [0, 0.1) is 13.1 Å². The van der Waals surface area contributed by atoms with Crippen molar-refractivity contribution in [2.45, 2.75) is 73.9 Å². The van der Waals surface area contributed by atoms with Gasteiger partial charge in [-0.2, -0.15) is 0 Å². The largest absolute Gasteiger partial charge is 0.659 e. The van der Waals surface area contributed by atoms with Crippen LogP contribution in [0.25, 0.3) is 9.69 Å². The maximum atomic E-state index is 13.4. The van der Waals surface area contributed by atoms with Crippen molar-refractivity contribution >= 4 is 38.0 Å².